The molecule has 22 heavy (non-hydrogen) atoms. The Balaban J connectivity index is 1.90. The highest BCUT2D eigenvalue weighted by atomic mass is 16.5. The van der Waals surface area contributed by atoms with Gasteiger partial charge >= 0.3 is 0 Å². The maximum Gasteiger partial charge on any atom is 0.174 e. The molecule has 2 aliphatic carbocycles. The van der Waals surface area contributed by atoms with Gasteiger partial charge in [0.05, 0.1) is 15.3 Å². The van der Waals surface area contributed by atoms with Gasteiger partial charge in [-0.05, 0) is 50.3 Å². The van der Waals surface area contributed by atoms with Crippen LogP contribution in [0.25, 0.3) is 0 Å². The van der Waals surface area contributed by atoms with Gasteiger partial charge in [0, 0.05) is 30.3 Å². The van der Waals surface area contributed by atoms with Crippen LogP contribution in [0.4, 0.5) is 0 Å². The summed E-state index contributed by atoms with van der Waals surface area (Å²) in [6.07, 6.45) is -3.56. The fourth-order valence-electron chi connectivity index (χ4n) is 4.43. The molecule has 2 fully saturated rings. The number of carbonyl (C=O) groups excluding carboxylic acids is 1. The first kappa shape index (κ1) is 6.16. The van der Waals surface area contributed by atoms with E-state index >= 15 is 0 Å². The van der Waals surface area contributed by atoms with Crippen LogP contribution in [0, 0.1) is 5.89 Å². The monoisotopic (exact) mass is 310 g/mol. The van der Waals surface area contributed by atoms with E-state index in [-0.39, 0.29) is 42.7 Å². The average molecular weight is 310 g/mol. The Labute approximate surface area is 145 Å². The quantitative estimate of drug-likeness (QED) is 0.794. The van der Waals surface area contributed by atoms with E-state index in [1.165, 1.54) is 0 Å². The molecular weight excluding hydrogens is 278 g/mol. The molecule has 1 saturated heterocycles. The summed E-state index contributed by atoms with van der Waals surface area (Å²) in [5, 5.41) is 0. The van der Waals surface area contributed by atoms with Gasteiger partial charge in [-0.3, -0.25) is 4.79 Å². The Bertz CT molecular complexity index is 1100. The van der Waals surface area contributed by atoms with Gasteiger partial charge in [0.25, 0.3) is 0 Å². The predicted molar refractivity (Wildman–Crippen MR) is 81.6 cm³/mol. The molecule has 2 bridgehead atoms. The minimum Gasteiger partial charge on any atom is -0.493 e. The van der Waals surface area contributed by atoms with E-state index in [2.05, 4.69) is 0 Å². The summed E-state index contributed by atoms with van der Waals surface area (Å²) in [6, 6.07) is -3.30. The van der Waals surface area contributed by atoms with Crippen molar-refractivity contribution in [2.75, 3.05) is 20.6 Å². The predicted octanol–water partition coefficient (Wildman–Crippen LogP) is 1.93. The van der Waals surface area contributed by atoms with Gasteiger partial charge < -0.3 is 14.4 Å². The number of Topliss-reactive ketones (excluding diaryl/α,β-unsaturated/α-hetero) is 1. The van der Waals surface area contributed by atoms with Crippen LogP contribution < -0.4 is 9.47 Å². The van der Waals surface area contributed by atoms with Crippen LogP contribution >= 0.6 is 0 Å². The van der Waals surface area contributed by atoms with E-state index in [9.17, 15) is 7.54 Å². The lowest BCUT2D eigenvalue weighted by molar-refractivity contribution is -0.138. The molecule has 4 atom stereocenters. The zero-order chi connectivity index (χ0) is 24.6. The molecule has 0 aromatic heterocycles. The molecule has 1 aromatic rings. The molecular formula is C18H21NO3. The second kappa shape index (κ2) is 4.05. The molecule has 0 radical (unpaired) electrons. The Morgan fingerprint density at radius 1 is 1.59 bits per heavy atom. The van der Waals surface area contributed by atoms with Crippen molar-refractivity contribution >= 4 is 5.78 Å². The Kier molecular flexibility index (Phi) is 1.13. The second-order valence-corrected chi connectivity index (χ2v) is 6.13. The standard InChI is InChI=1S/C18H21NO3/c1-19-8-7-18-11-4-5-13(20)17(18)22-16-14(21-2)6-3-10(15(16)18)9-12(11)19/h3,6,11-12,17H,4-5,7-9H2,1-2H3/t11-,12+,17?,18-/m0/s1/i1D3,2D3,3D,6D,11D,12D,17D. The third-order valence-corrected chi connectivity index (χ3v) is 5.28. The summed E-state index contributed by atoms with van der Waals surface area (Å²) in [5.41, 5.74) is -1.74. The highest BCUT2D eigenvalue weighted by molar-refractivity contribution is 5.89. The fraction of sp³-hybridized carbons (Fsp3) is 0.611. The summed E-state index contributed by atoms with van der Waals surface area (Å²) >= 11 is 0. The molecule has 0 N–H and O–H groups in total. The molecule has 116 valence electrons. The fourth-order valence-corrected chi connectivity index (χ4v) is 4.43. The first-order valence-corrected chi connectivity index (χ1v) is 7.30. The van der Waals surface area contributed by atoms with Gasteiger partial charge in [-0.2, -0.15) is 0 Å². The van der Waals surface area contributed by atoms with Gasteiger partial charge in [-0.1, -0.05) is 6.04 Å². The summed E-state index contributed by atoms with van der Waals surface area (Å²) < 4.78 is 102. The molecule has 4 aliphatic rings. The van der Waals surface area contributed by atoms with E-state index in [1.54, 1.807) is 0 Å². The van der Waals surface area contributed by atoms with Crippen molar-refractivity contribution < 1.29 is 29.3 Å². The topological polar surface area (TPSA) is 38.8 Å². The molecule has 5 rings (SSSR count). The third kappa shape index (κ3) is 1.27. The van der Waals surface area contributed by atoms with E-state index < -0.39 is 67.5 Å². The van der Waals surface area contributed by atoms with Crippen LogP contribution in [0.5, 0.6) is 11.5 Å². The average Bonchev–Trinajstić information content (AvgIpc) is 2.93. The molecule has 1 aromatic carbocycles. The minimum absolute atomic E-state index is 0.0172. The largest absolute Gasteiger partial charge is 0.493 e. The number of ether oxygens (including phenoxy) is 2. The Morgan fingerprint density at radius 2 is 2.55 bits per heavy atom. The summed E-state index contributed by atoms with van der Waals surface area (Å²) in [7, 11) is -3.02. The number of hydrogen-bond donors (Lipinski definition) is 0. The van der Waals surface area contributed by atoms with Crippen molar-refractivity contribution in [1.82, 2.24) is 4.90 Å². The van der Waals surface area contributed by atoms with Crippen LogP contribution in [0.15, 0.2) is 12.1 Å². The number of carbonyl (C=O) groups is 1. The molecule has 2 heterocycles. The van der Waals surface area contributed by atoms with Crippen molar-refractivity contribution in [2.45, 2.75) is 43.2 Å². The Hall–Kier alpha value is -1.55. The van der Waals surface area contributed by atoms with Crippen molar-refractivity contribution in [3.8, 4) is 11.5 Å². The molecule has 0 amide bonds. The first-order valence-electron chi connectivity index (χ1n) is 12.8. The summed E-state index contributed by atoms with van der Waals surface area (Å²) in [4.78, 5) is 14.0. The number of benzene rings is 1. The van der Waals surface area contributed by atoms with Gasteiger partial charge in [-0.25, -0.2) is 0 Å². The highest BCUT2D eigenvalue weighted by Gasteiger charge is 2.65. The van der Waals surface area contributed by atoms with Crippen LogP contribution in [-0.2, 0) is 16.6 Å². The lowest BCUT2D eigenvalue weighted by Gasteiger charge is -2.57. The second-order valence-electron chi connectivity index (χ2n) is 6.13. The minimum atomic E-state index is -3.02. The van der Waals surface area contributed by atoms with E-state index in [0.29, 0.717) is 0 Å². The van der Waals surface area contributed by atoms with Gasteiger partial charge in [0.2, 0.25) is 0 Å². The first-order chi connectivity index (χ1) is 14.9. The number of hydrogen-bond acceptors (Lipinski definition) is 4. The maximum atomic E-state index is 13.1. The number of methoxy groups -OCH3 is 1. The van der Waals surface area contributed by atoms with E-state index in [4.69, 9.17) is 21.8 Å². The smallest absolute Gasteiger partial charge is 0.174 e. The summed E-state index contributed by atoms with van der Waals surface area (Å²) in [5.74, 6) is -3.63. The maximum absolute atomic E-state index is 13.1. The molecule has 1 unspecified atom stereocenters. The van der Waals surface area contributed by atoms with Crippen LogP contribution in [0.3, 0.4) is 0 Å². The van der Waals surface area contributed by atoms with E-state index in [0.717, 1.165) is 4.90 Å². The van der Waals surface area contributed by atoms with Crippen LogP contribution in [0.2, 0.25) is 0 Å². The van der Waals surface area contributed by atoms with Gasteiger partial charge in [0.1, 0.15) is 0 Å². The van der Waals surface area contributed by atoms with E-state index in [1.807, 2.05) is 0 Å². The van der Waals surface area contributed by atoms with Gasteiger partial charge in [-0.15, -0.1) is 0 Å². The van der Waals surface area contributed by atoms with Crippen molar-refractivity contribution in [3.63, 3.8) is 0 Å². The van der Waals surface area contributed by atoms with Gasteiger partial charge in [0.15, 0.2) is 23.4 Å². The van der Waals surface area contributed by atoms with Crippen molar-refractivity contribution in [1.29, 1.82) is 0 Å². The molecule has 1 spiro atoms. The number of likely N-dealkylation sites (tertiary alicyclic amines) is 1. The Morgan fingerprint density at radius 3 is 3.41 bits per heavy atom. The molecule has 4 heteroatoms. The van der Waals surface area contributed by atoms with Crippen LogP contribution in [-0.4, -0.2) is 43.3 Å². The number of ketones is 1. The number of rotatable bonds is 1. The van der Waals surface area contributed by atoms with Crippen molar-refractivity contribution in [3.05, 3.63) is 23.2 Å². The number of nitrogens with zero attached hydrogens (tertiary/aromatic N) is 1. The zero-order valence-corrected chi connectivity index (χ0v) is 11.7. The lowest BCUT2D eigenvalue weighted by Crippen LogP contribution is -2.65. The van der Waals surface area contributed by atoms with Crippen LogP contribution in [0.1, 0.15) is 45.5 Å². The third-order valence-electron chi connectivity index (χ3n) is 5.28. The summed E-state index contributed by atoms with van der Waals surface area (Å²) in [6.45, 7) is -2.98. The number of piperidine rings is 1. The number of likely N-dealkylation sites (N-methyl/N-ethyl adjacent to an activating group) is 1. The van der Waals surface area contributed by atoms with Crippen molar-refractivity contribution in [2.24, 2.45) is 5.89 Å². The molecule has 4 nitrogen and oxygen atoms in total. The lowest BCUT2D eigenvalue weighted by atomic mass is 9.52. The normalized spacial score (nSPS) is 56.9. The molecule has 2 aliphatic heterocycles. The highest BCUT2D eigenvalue weighted by Crippen LogP contribution is 2.62. The molecule has 1 saturated carbocycles. The zero-order valence-electron chi connectivity index (χ0n) is 22.7. The SMILES string of the molecule is [2H]c1c([2H])c(OC([2H])([2H])[2H])c2c3c1C[C@@]1([2H])N(C([2H])([2H])[2H])CC[C@@]34C([2H])(O2)C(=O)CC[C@@]14[2H].